The van der Waals surface area contributed by atoms with Gasteiger partial charge in [-0.25, -0.2) is 18.9 Å². The number of nitrogens with one attached hydrogen (secondary N) is 2. The minimum atomic E-state index is -1.47. The zero-order chi connectivity index (χ0) is 26.3. The molecule has 2 saturated heterocycles. The molecule has 5 rings (SSSR count). The predicted octanol–water partition coefficient (Wildman–Crippen LogP) is 3.84. The number of benzene rings is 2. The lowest BCUT2D eigenvalue weighted by molar-refractivity contribution is -0.143. The van der Waals surface area contributed by atoms with Crippen molar-refractivity contribution in [3.8, 4) is 0 Å². The zero-order valence-corrected chi connectivity index (χ0v) is 20.8. The smallest absolute Gasteiger partial charge is 0.418 e. The number of carbonyl (C=O) groups is 4. The second-order valence-corrected chi connectivity index (χ2v) is 9.67. The molecule has 2 fully saturated rings. The normalized spacial score (nSPS) is 24.4. The van der Waals surface area contributed by atoms with Crippen molar-refractivity contribution >= 4 is 29.6 Å². The van der Waals surface area contributed by atoms with E-state index >= 15 is 0 Å². The van der Waals surface area contributed by atoms with E-state index in [0.717, 1.165) is 35.3 Å². The highest BCUT2D eigenvalue weighted by Gasteiger charge is 2.58. The van der Waals surface area contributed by atoms with Crippen LogP contribution in [0.4, 0.5) is 19.7 Å². The summed E-state index contributed by atoms with van der Waals surface area (Å²) in [6.07, 6.45) is 2.14. The topological polar surface area (TPSA) is 108 Å². The summed E-state index contributed by atoms with van der Waals surface area (Å²) in [5, 5.41) is 5.17. The minimum Gasteiger partial charge on any atom is -0.427 e. The van der Waals surface area contributed by atoms with Crippen molar-refractivity contribution in [3.05, 3.63) is 65.0 Å². The summed E-state index contributed by atoms with van der Waals surface area (Å²) in [4.78, 5) is 54.3. The lowest BCUT2D eigenvalue weighted by Gasteiger charge is -2.31. The fraction of sp³-hybridized carbons (Fsp3) is 0.407. The van der Waals surface area contributed by atoms with E-state index < -0.39 is 24.1 Å². The van der Waals surface area contributed by atoms with Crippen molar-refractivity contribution in [2.75, 3.05) is 18.9 Å². The van der Waals surface area contributed by atoms with E-state index in [0.29, 0.717) is 17.7 Å². The van der Waals surface area contributed by atoms with Crippen LogP contribution in [0.2, 0.25) is 0 Å². The summed E-state index contributed by atoms with van der Waals surface area (Å²) >= 11 is 0. The quantitative estimate of drug-likeness (QED) is 0.638. The molecule has 37 heavy (non-hydrogen) atoms. The van der Waals surface area contributed by atoms with Crippen LogP contribution in [0, 0.1) is 5.82 Å². The molecule has 0 aromatic heterocycles. The first kappa shape index (κ1) is 24.7. The lowest BCUT2D eigenvalue weighted by Crippen LogP contribution is -2.46. The molecular weight excluding hydrogens is 479 g/mol. The van der Waals surface area contributed by atoms with E-state index in [9.17, 15) is 23.6 Å². The van der Waals surface area contributed by atoms with Gasteiger partial charge < -0.3 is 20.3 Å². The van der Waals surface area contributed by atoms with Gasteiger partial charge in [0.1, 0.15) is 12.4 Å². The summed E-state index contributed by atoms with van der Waals surface area (Å²) in [5.74, 6) is -1.25. The summed E-state index contributed by atoms with van der Waals surface area (Å²) in [7, 11) is 1.51. The Labute approximate surface area is 213 Å². The van der Waals surface area contributed by atoms with Crippen LogP contribution in [-0.4, -0.2) is 53.4 Å². The van der Waals surface area contributed by atoms with Gasteiger partial charge in [-0.2, -0.15) is 0 Å². The summed E-state index contributed by atoms with van der Waals surface area (Å²) < 4.78 is 19.1. The third-order valence-corrected chi connectivity index (χ3v) is 7.65. The van der Waals surface area contributed by atoms with E-state index in [2.05, 4.69) is 10.6 Å². The van der Waals surface area contributed by atoms with Gasteiger partial charge in [0.05, 0.1) is 6.04 Å². The Balaban J connectivity index is 1.36. The van der Waals surface area contributed by atoms with Crippen molar-refractivity contribution in [3.63, 3.8) is 0 Å². The zero-order valence-electron chi connectivity index (χ0n) is 20.8. The Morgan fingerprint density at radius 1 is 1.14 bits per heavy atom. The van der Waals surface area contributed by atoms with Crippen LogP contribution in [0.5, 0.6) is 0 Å². The molecule has 10 heteroatoms. The number of nitrogens with zero attached hydrogens (tertiary/aromatic N) is 2. The number of imide groups is 1. The average Bonchev–Trinajstić information content (AvgIpc) is 3.55. The maximum absolute atomic E-state index is 13.6. The molecule has 1 spiro atoms. The van der Waals surface area contributed by atoms with E-state index in [1.54, 1.807) is 35.2 Å². The molecule has 5 amide bonds. The van der Waals surface area contributed by atoms with Crippen molar-refractivity contribution in [2.24, 2.45) is 0 Å². The number of urea groups is 1. The highest BCUT2D eigenvalue weighted by atomic mass is 19.1. The van der Waals surface area contributed by atoms with Gasteiger partial charge in [0.25, 0.3) is 5.91 Å². The maximum atomic E-state index is 13.6. The van der Waals surface area contributed by atoms with E-state index in [1.165, 1.54) is 19.2 Å². The molecule has 9 nitrogen and oxygen atoms in total. The van der Waals surface area contributed by atoms with Gasteiger partial charge in [0.15, 0.2) is 0 Å². The molecule has 0 radical (unpaired) electrons. The Morgan fingerprint density at radius 2 is 1.89 bits per heavy atom. The third kappa shape index (κ3) is 4.20. The molecule has 2 aromatic carbocycles. The second kappa shape index (κ2) is 9.49. The molecule has 2 N–H and O–H groups in total. The van der Waals surface area contributed by atoms with Crippen LogP contribution in [0.25, 0.3) is 0 Å². The van der Waals surface area contributed by atoms with Gasteiger partial charge in [-0.3, -0.25) is 9.59 Å². The number of carbonyl (C=O) groups excluding carboxylic acids is 4. The highest BCUT2D eigenvalue weighted by molar-refractivity contribution is 6.06. The Bertz CT molecular complexity index is 1270. The molecular formula is C27H29FN4O5. The van der Waals surface area contributed by atoms with Gasteiger partial charge >= 0.3 is 12.1 Å². The van der Waals surface area contributed by atoms with Gasteiger partial charge in [-0.1, -0.05) is 25.1 Å². The summed E-state index contributed by atoms with van der Waals surface area (Å²) in [5.41, 5.74) is 1.28. The summed E-state index contributed by atoms with van der Waals surface area (Å²) in [6.45, 7) is 1.57. The van der Waals surface area contributed by atoms with Crippen LogP contribution < -0.4 is 10.6 Å². The third-order valence-electron chi connectivity index (χ3n) is 7.65. The predicted molar refractivity (Wildman–Crippen MR) is 132 cm³/mol. The molecule has 0 saturated carbocycles. The molecule has 2 aliphatic heterocycles. The number of anilines is 1. The van der Waals surface area contributed by atoms with E-state index in [1.807, 2.05) is 6.92 Å². The van der Waals surface area contributed by atoms with Crippen LogP contribution >= 0.6 is 0 Å². The second-order valence-electron chi connectivity index (χ2n) is 9.67. The first-order valence-corrected chi connectivity index (χ1v) is 12.5. The Morgan fingerprint density at radius 3 is 2.59 bits per heavy atom. The standard InChI is InChI=1S/C27H29FN4O5/c1-3-20-9-11-22(16-4-6-18(28)7-5-16)32(20)23(33)15-31-24(34)27(37-26(31)36)13-12-17-14-19(8-10-21(17)27)30-25(35)29-2/h4-8,10,14,20,22H,3,9,11-13,15H2,1-2H3,(H2,29,30,35)/t20-,22-,27+/m0/s1. The number of rotatable bonds is 5. The number of likely N-dealkylation sites (tertiary alicyclic amines) is 1. The van der Waals surface area contributed by atoms with Gasteiger partial charge in [-0.05, 0) is 61.1 Å². The molecule has 2 aromatic rings. The first-order valence-electron chi connectivity index (χ1n) is 12.5. The fourth-order valence-electron chi connectivity index (χ4n) is 5.81. The maximum Gasteiger partial charge on any atom is 0.418 e. The number of amides is 5. The Hall–Kier alpha value is -3.95. The largest absolute Gasteiger partial charge is 0.427 e. The number of fused-ring (bicyclic) bond motifs is 2. The average molecular weight is 509 g/mol. The van der Waals surface area contributed by atoms with Gasteiger partial charge in [0, 0.05) is 30.8 Å². The highest BCUT2D eigenvalue weighted by Crippen LogP contribution is 2.46. The van der Waals surface area contributed by atoms with Crippen LogP contribution in [0.15, 0.2) is 42.5 Å². The van der Waals surface area contributed by atoms with Gasteiger partial charge in [-0.15, -0.1) is 0 Å². The Kier molecular flexibility index (Phi) is 6.35. The van der Waals surface area contributed by atoms with Crippen molar-refractivity contribution in [1.29, 1.82) is 0 Å². The number of ether oxygens (including phenoxy) is 1. The summed E-state index contributed by atoms with van der Waals surface area (Å²) in [6, 6.07) is 10.5. The number of halogens is 1. The first-order chi connectivity index (χ1) is 17.8. The number of hydrogen-bond donors (Lipinski definition) is 2. The van der Waals surface area contributed by atoms with Crippen molar-refractivity contribution in [2.45, 2.75) is 56.7 Å². The van der Waals surface area contributed by atoms with Crippen LogP contribution in [0.3, 0.4) is 0 Å². The van der Waals surface area contributed by atoms with Crippen molar-refractivity contribution < 1.29 is 28.3 Å². The molecule has 1 aliphatic carbocycles. The van der Waals surface area contributed by atoms with Crippen molar-refractivity contribution in [1.82, 2.24) is 15.1 Å². The van der Waals surface area contributed by atoms with Crippen LogP contribution in [0.1, 0.15) is 55.3 Å². The SMILES string of the molecule is CC[C@H]1CC[C@@H](c2ccc(F)cc2)N1C(=O)CN1C(=O)O[C@@]2(CCc3cc(NC(=O)NC)ccc32)C1=O. The molecule has 0 unspecified atom stereocenters. The molecule has 2 heterocycles. The van der Waals surface area contributed by atoms with Crippen LogP contribution in [-0.2, 0) is 26.3 Å². The fourth-order valence-corrected chi connectivity index (χ4v) is 5.81. The van der Waals surface area contributed by atoms with Gasteiger partial charge in [0.2, 0.25) is 11.5 Å². The lowest BCUT2D eigenvalue weighted by atomic mass is 9.94. The molecule has 194 valence electrons. The van der Waals surface area contributed by atoms with E-state index in [-0.39, 0.29) is 36.3 Å². The molecule has 3 aliphatic rings. The monoisotopic (exact) mass is 508 g/mol. The molecule has 3 atom stereocenters. The minimum absolute atomic E-state index is 0.0383. The number of aryl methyl sites for hydroxylation is 1. The number of hydrogen-bond acceptors (Lipinski definition) is 5. The van der Waals surface area contributed by atoms with E-state index in [4.69, 9.17) is 4.74 Å². The molecule has 0 bridgehead atoms.